The van der Waals surface area contributed by atoms with Gasteiger partial charge in [0.05, 0.1) is 7.11 Å². The van der Waals surface area contributed by atoms with E-state index in [0.29, 0.717) is 11.8 Å². The van der Waals surface area contributed by atoms with E-state index in [9.17, 15) is 4.39 Å². The zero-order chi connectivity index (χ0) is 14.4. The van der Waals surface area contributed by atoms with Crippen LogP contribution in [0.25, 0.3) is 0 Å². The quantitative estimate of drug-likeness (QED) is 0.830. The molecule has 0 heterocycles. The lowest BCUT2D eigenvalue weighted by atomic mass is 10.1. The van der Waals surface area contributed by atoms with Crippen LogP contribution in [0.1, 0.15) is 31.2 Å². The zero-order valence-electron chi connectivity index (χ0n) is 12.3. The smallest absolute Gasteiger partial charge is 0.165 e. The monoisotopic (exact) mass is 297 g/mol. The molecule has 0 radical (unpaired) electrons. The van der Waals surface area contributed by atoms with Crippen molar-refractivity contribution in [3.63, 3.8) is 0 Å². The predicted molar refractivity (Wildman–Crippen MR) is 84.2 cm³/mol. The Bertz CT molecular complexity index is 421. The van der Waals surface area contributed by atoms with Gasteiger partial charge in [0.2, 0.25) is 0 Å². The molecule has 2 rings (SSSR count). The highest BCUT2D eigenvalue weighted by atomic mass is 32.2. The van der Waals surface area contributed by atoms with E-state index in [-0.39, 0.29) is 5.82 Å². The number of hydrogen-bond acceptors (Lipinski definition) is 3. The second kappa shape index (κ2) is 7.89. The third kappa shape index (κ3) is 4.38. The fraction of sp³-hybridized carbons (Fsp3) is 0.625. The number of nitrogens with one attached hydrogen (secondary N) is 1. The molecule has 0 aliphatic heterocycles. The molecule has 0 bridgehead atoms. The molecule has 1 unspecified atom stereocenters. The van der Waals surface area contributed by atoms with Gasteiger partial charge in [-0.3, -0.25) is 0 Å². The van der Waals surface area contributed by atoms with Crippen LogP contribution < -0.4 is 10.1 Å². The Morgan fingerprint density at radius 2 is 2.15 bits per heavy atom. The van der Waals surface area contributed by atoms with E-state index in [0.717, 1.165) is 23.0 Å². The number of rotatable bonds is 7. The van der Waals surface area contributed by atoms with Crippen LogP contribution in [0.5, 0.6) is 5.75 Å². The van der Waals surface area contributed by atoms with Crippen LogP contribution in [0.3, 0.4) is 0 Å². The second-order valence-electron chi connectivity index (χ2n) is 5.40. The summed E-state index contributed by atoms with van der Waals surface area (Å²) in [4.78, 5) is 0. The van der Waals surface area contributed by atoms with Gasteiger partial charge in [0.1, 0.15) is 0 Å². The molecule has 0 saturated heterocycles. The van der Waals surface area contributed by atoms with Crippen LogP contribution in [0, 0.1) is 5.82 Å². The Labute approximate surface area is 125 Å². The first-order valence-electron chi connectivity index (χ1n) is 7.34. The Morgan fingerprint density at radius 1 is 1.40 bits per heavy atom. The number of thioether (sulfide) groups is 1. The minimum atomic E-state index is -0.275. The van der Waals surface area contributed by atoms with Crippen LogP contribution in [0.15, 0.2) is 18.2 Å². The third-order valence-electron chi connectivity index (χ3n) is 3.94. The normalized spacial score (nSPS) is 17.4. The highest BCUT2D eigenvalue weighted by Gasteiger charge is 2.17. The van der Waals surface area contributed by atoms with Gasteiger partial charge in [0.25, 0.3) is 0 Å². The standard InChI is InChI=1S/C16H24FNOS/c1-18-13(11-20-14-5-3-4-6-14)9-12-7-8-16(19-2)15(17)10-12/h7-8,10,13-14,18H,3-6,9,11H2,1-2H3. The first kappa shape index (κ1) is 15.6. The van der Waals surface area contributed by atoms with Crippen LogP contribution >= 0.6 is 11.8 Å². The fourth-order valence-electron chi connectivity index (χ4n) is 2.67. The van der Waals surface area contributed by atoms with E-state index in [1.807, 2.05) is 13.1 Å². The van der Waals surface area contributed by atoms with Crippen molar-refractivity contribution < 1.29 is 9.13 Å². The molecule has 1 fully saturated rings. The van der Waals surface area contributed by atoms with Gasteiger partial charge in [0.15, 0.2) is 11.6 Å². The maximum atomic E-state index is 13.7. The molecule has 1 aromatic carbocycles. The maximum Gasteiger partial charge on any atom is 0.165 e. The summed E-state index contributed by atoms with van der Waals surface area (Å²) in [5.74, 6) is 1.13. The van der Waals surface area contributed by atoms with E-state index in [1.54, 1.807) is 12.1 Å². The average Bonchev–Trinajstić information content (AvgIpc) is 2.97. The first-order chi connectivity index (χ1) is 9.72. The van der Waals surface area contributed by atoms with Crippen LogP contribution in [-0.2, 0) is 6.42 Å². The number of hydrogen-bond donors (Lipinski definition) is 1. The number of methoxy groups -OCH3 is 1. The molecule has 0 amide bonds. The summed E-state index contributed by atoms with van der Waals surface area (Å²) in [6.45, 7) is 0. The lowest BCUT2D eigenvalue weighted by Crippen LogP contribution is -2.30. The van der Waals surface area contributed by atoms with Gasteiger partial charge in [0, 0.05) is 17.0 Å². The van der Waals surface area contributed by atoms with Gasteiger partial charge < -0.3 is 10.1 Å². The second-order valence-corrected chi connectivity index (χ2v) is 6.73. The molecular formula is C16H24FNOS. The summed E-state index contributed by atoms with van der Waals surface area (Å²) in [7, 11) is 3.48. The van der Waals surface area contributed by atoms with E-state index >= 15 is 0 Å². The van der Waals surface area contributed by atoms with Gasteiger partial charge in [-0.15, -0.1) is 0 Å². The predicted octanol–water partition coefficient (Wildman–Crippen LogP) is 3.64. The highest BCUT2D eigenvalue weighted by Crippen LogP contribution is 2.30. The van der Waals surface area contributed by atoms with Crippen molar-refractivity contribution in [2.45, 2.75) is 43.4 Å². The van der Waals surface area contributed by atoms with Crippen LogP contribution in [0.2, 0.25) is 0 Å². The summed E-state index contributed by atoms with van der Waals surface area (Å²) in [6, 6.07) is 5.64. The average molecular weight is 297 g/mol. The molecule has 1 N–H and O–H groups in total. The number of ether oxygens (including phenoxy) is 1. The summed E-state index contributed by atoms with van der Waals surface area (Å²) in [5, 5.41) is 4.18. The molecule has 20 heavy (non-hydrogen) atoms. The van der Waals surface area contributed by atoms with Crippen LogP contribution in [-0.4, -0.2) is 31.2 Å². The Hall–Kier alpha value is -0.740. The van der Waals surface area contributed by atoms with Crippen molar-refractivity contribution in [3.05, 3.63) is 29.6 Å². The molecule has 1 aliphatic carbocycles. The van der Waals surface area contributed by atoms with Gasteiger partial charge in [-0.1, -0.05) is 18.9 Å². The summed E-state index contributed by atoms with van der Waals surface area (Å²) in [6.07, 6.45) is 6.34. The van der Waals surface area contributed by atoms with E-state index < -0.39 is 0 Å². The number of benzene rings is 1. The molecule has 1 saturated carbocycles. The van der Waals surface area contributed by atoms with E-state index in [1.165, 1.54) is 32.8 Å². The first-order valence-corrected chi connectivity index (χ1v) is 8.39. The molecule has 1 aromatic rings. The number of halogens is 1. The highest BCUT2D eigenvalue weighted by molar-refractivity contribution is 7.99. The molecule has 0 spiro atoms. The van der Waals surface area contributed by atoms with Gasteiger partial charge in [-0.05, 0) is 44.0 Å². The number of likely N-dealkylation sites (N-methyl/N-ethyl adjacent to an activating group) is 1. The van der Waals surface area contributed by atoms with Crippen molar-refractivity contribution in [2.75, 3.05) is 19.9 Å². The van der Waals surface area contributed by atoms with E-state index in [4.69, 9.17) is 4.74 Å². The van der Waals surface area contributed by atoms with Gasteiger partial charge >= 0.3 is 0 Å². The van der Waals surface area contributed by atoms with Crippen LogP contribution in [0.4, 0.5) is 4.39 Å². The largest absolute Gasteiger partial charge is 0.494 e. The maximum absolute atomic E-state index is 13.7. The minimum absolute atomic E-state index is 0.275. The van der Waals surface area contributed by atoms with Crippen molar-refractivity contribution >= 4 is 11.8 Å². The molecule has 4 heteroatoms. The van der Waals surface area contributed by atoms with Gasteiger partial charge in [-0.25, -0.2) is 4.39 Å². The molecule has 1 aliphatic rings. The van der Waals surface area contributed by atoms with E-state index in [2.05, 4.69) is 17.1 Å². The van der Waals surface area contributed by atoms with Crippen molar-refractivity contribution in [2.24, 2.45) is 0 Å². The zero-order valence-corrected chi connectivity index (χ0v) is 13.1. The Kier molecular flexibility index (Phi) is 6.17. The third-order valence-corrected chi connectivity index (χ3v) is 5.48. The lowest BCUT2D eigenvalue weighted by Gasteiger charge is -2.18. The molecule has 0 aromatic heterocycles. The molecule has 1 atom stereocenters. The van der Waals surface area contributed by atoms with Crippen molar-refractivity contribution in [1.82, 2.24) is 5.32 Å². The fourth-order valence-corrected chi connectivity index (χ4v) is 4.13. The lowest BCUT2D eigenvalue weighted by molar-refractivity contribution is 0.386. The summed E-state index contributed by atoms with van der Waals surface area (Å²) >= 11 is 2.07. The SMILES string of the molecule is CNC(CSC1CCCC1)Cc1ccc(OC)c(F)c1. The van der Waals surface area contributed by atoms with Gasteiger partial charge in [-0.2, -0.15) is 11.8 Å². The summed E-state index contributed by atoms with van der Waals surface area (Å²) < 4.78 is 18.6. The Balaban J connectivity index is 1.86. The topological polar surface area (TPSA) is 21.3 Å². The molecule has 112 valence electrons. The molecule has 2 nitrogen and oxygen atoms in total. The summed E-state index contributed by atoms with van der Waals surface area (Å²) in [5.41, 5.74) is 1.02. The minimum Gasteiger partial charge on any atom is -0.494 e. The molecular weight excluding hydrogens is 273 g/mol. The van der Waals surface area contributed by atoms with Crippen molar-refractivity contribution in [3.8, 4) is 5.75 Å². The van der Waals surface area contributed by atoms with Crippen molar-refractivity contribution in [1.29, 1.82) is 0 Å². The Morgan fingerprint density at radius 3 is 2.75 bits per heavy atom.